The van der Waals surface area contributed by atoms with Crippen LogP contribution in [-0.2, 0) is 9.59 Å². The molecule has 0 fully saturated rings. The Balaban J connectivity index is 1.80. The highest BCUT2D eigenvalue weighted by molar-refractivity contribution is 6.24. The summed E-state index contributed by atoms with van der Waals surface area (Å²) in [5.74, 6) is -1.02. The van der Waals surface area contributed by atoms with Crippen molar-refractivity contribution < 1.29 is 14.7 Å². The van der Waals surface area contributed by atoms with E-state index in [9.17, 15) is 14.7 Å². The van der Waals surface area contributed by atoms with Gasteiger partial charge < -0.3 is 15.7 Å². The van der Waals surface area contributed by atoms with E-state index in [0.717, 1.165) is 16.7 Å². The Labute approximate surface area is 159 Å². The van der Waals surface area contributed by atoms with E-state index in [0.29, 0.717) is 12.1 Å². The summed E-state index contributed by atoms with van der Waals surface area (Å²) in [7, 11) is 0. The minimum atomic E-state index is -0.591. The molecule has 2 amide bonds. The summed E-state index contributed by atoms with van der Waals surface area (Å²) < 4.78 is 0. The Bertz CT molecular complexity index is 901. The maximum atomic E-state index is 12.6. The van der Waals surface area contributed by atoms with Crippen LogP contribution < -0.4 is 10.6 Å². The zero-order valence-electron chi connectivity index (χ0n) is 15.7. The summed E-state index contributed by atoms with van der Waals surface area (Å²) in [6, 6.07) is 15.2. The van der Waals surface area contributed by atoms with E-state index in [1.54, 1.807) is 0 Å². The number of rotatable bonds is 5. The van der Waals surface area contributed by atoms with E-state index < -0.39 is 17.9 Å². The third-order valence-electron chi connectivity index (χ3n) is 4.63. The van der Waals surface area contributed by atoms with Gasteiger partial charge in [-0.25, -0.2) is 0 Å². The zero-order valence-corrected chi connectivity index (χ0v) is 15.7. The van der Waals surface area contributed by atoms with Gasteiger partial charge in [-0.3, -0.25) is 9.59 Å². The number of anilines is 1. The molecule has 0 aromatic heterocycles. The smallest absolute Gasteiger partial charge is 0.264 e. The van der Waals surface area contributed by atoms with Crippen LogP contribution in [0.25, 0.3) is 11.1 Å². The Morgan fingerprint density at radius 2 is 1.85 bits per heavy atom. The average molecular weight is 364 g/mol. The highest BCUT2D eigenvalue weighted by Gasteiger charge is 2.36. The van der Waals surface area contributed by atoms with Crippen LogP contribution in [0.5, 0.6) is 0 Å². The maximum absolute atomic E-state index is 12.6. The lowest BCUT2D eigenvalue weighted by atomic mass is 10.0. The fourth-order valence-corrected chi connectivity index (χ4v) is 3.25. The molecule has 140 valence electrons. The van der Waals surface area contributed by atoms with Crippen molar-refractivity contribution in [3.05, 3.63) is 65.4 Å². The van der Waals surface area contributed by atoms with Crippen molar-refractivity contribution in [1.82, 2.24) is 5.32 Å². The molecule has 1 aliphatic rings. The van der Waals surface area contributed by atoms with Gasteiger partial charge in [0.05, 0.1) is 6.04 Å². The molecule has 1 atom stereocenters. The van der Waals surface area contributed by atoms with Crippen LogP contribution in [-0.4, -0.2) is 23.0 Å². The van der Waals surface area contributed by atoms with E-state index in [-0.39, 0.29) is 17.3 Å². The first-order chi connectivity index (χ1) is 12.9. The first kappa shape index (κ1) is 18.7. The molecule has 3 N–H and O–H groups in total. The molecule has 0 bridgehead atoms. The van der Waals surface area contributed by atoms with Crippen LogP contribution >= 0.6 is 0 Å². The number of carbonyl (C=O) groups is 2. The Hall–Kier alpha value is -3.08. The average Bonchev–Trinajstić information content (AvgIpc) is 2.90. The van der Waals surface area contributed by atoms with Crippen molar-refractivity contribution in [2.75, 3.05) is 5.32 Å². The first-order valence-electron chi connectivity index (χ1n) is 9.08. The minimum absolute atomic E-state index is 0.176. The molecule has 5 heteroatoms. The largest absolute Gasteiger partial charge is 0.509 e. The predicted molar refractivity (Wildman–Crippen MR) is 106 cm³/mol. The highest BCUT2D eigenvalue weighted by Crippen LogP contribution is 2.26. The molecule has 0 aliphatic carbocycles. The van der Waals surface area contributed by atoms with Gasteiger partial charge in [-0.15, -0.1) is 0 Å². The van der Waals surface area contributed by atoms with Crippen LogP contribution in [0.4, 0.5) is 5.69 Å². The molecule has 0 saturated heterocycles. The van der Waals surface area contributed by atoms with Gasteiger partial charge in [0.15, 0.2) is 0 Å². The number of benzene rings is 2. The van der Waals surface area contributed by atoms with Crippen LogP contribution in [0.2, 0.25) is 0 Å². The summed E-state index contributed by atoms with van der Waals surface area (Å²) in [4.78, 5) is 24.7. The van der Waals surface area contributed by atoms with Gasteiger partial charge in [0, 0.05) is 5.69 Å². The molecule has 0 saturated carbocycles. The van der Waals surface area contributed by atoms with Gasteiger partial charge in [-0.2, -0.15) is 0 Å². The summed E-state index contributed by atoms with van der Waals surface area (Å²) in [6.07, 6.45) is 0.582. The number of hydrogen-bond donors (Lipinski definition) is 3. The fraction of sp³-hybridized carbons (Fsp3) is 0.273. The lowest BCUT2D eigenvalue weighted by Gasteiger charge is -2.13. The van der Waals surface area contributed by atoms with E-state index >= 15 is 0 Å². The first-order valence-corrected chi connectivity index (χ1v) is 9.08. The number of aliphatic hydroxyl groups is 1. The summed E-state index contributed by atoms with van der Waals surface area (Å²) in [5, 5.41) is 15.7. The van der Waals surface area contributed by atoms with Crippen molar-refractivity contribution in [3.8, 4) is 11.1 Å². The molecule has 3 rings (SSSR count). The molecule has 1 aliphatic heterocycles. The van der Waals surface area contributed by atoms with Gasteiger partial charge in [0.1, 0.15) is 11.3 Å². The number of nitrogens with one attached hydrogen (secondary N) is 2. The van der Waals surface area contributed by atoms with Crippen LogP contribution in [0.15, 0.2) is 59.9 Å². The second kappa shape index (κ2) is 7.66. The molecule has 0 spiro atoms. The van der Waals surface area contributed by atoms with E-state index in [1.807, 2.05) is 69.3 Å². The quantitative estimate of drug-likeness (QED) is 0.703. The molecule has 27 heavy (non-hydrogen) atoms. The molecule has 1 unspecified atom stereocenters. The van der Waals surface area contributed by atoms with Crippen molar-refractivity contribution in [2.24, 2.45) is 5.92 Å². The number of hydrogen-bond acceptors (Lipinski definition) is 3. The number of carbonyl (C=O) groups excluding carboxylic acids is 2. The molecule has 0 radical (unpaired) electrons. The number of aliphatic hydroxyl groups excluding tert-OH is 1. The molecular formula is C22H24N2O3. The molecule has 5 nitrogen and oxygen atoms in total. The van der Waals surface area contributed by atoms with E-state index in [4.69, 9.17) is 0 Å². The van der Waals surface area contributed by atoms with E-state index in [1.165, 1.54) is 0 Å². The third-order valence-corrected chi connectivity index (χ3v) is 4.63. The summed E-state index contributed by atoms with van der Waals surface area (Å²) in [5.41, 5.74) is 3.42. The predicted octanol–water partition coefficient (Wildman–Crippen LogP) is 3.96. The summed E-state index contributed by atoms with van der Waals surface area (Å²) in [6.45, 7) is 5.89. The topological polar surface area (TPSA) is 78.4 Å². The standard InChI is InChI=1S/C22H24N2O3/c1-13(2)11-18-20(25)19(22(27)24-18)21(26)23-17-10-9-16(12-14(17)3)15-7-5-4-6-8-15/h4-10,12-13,18,25H,11H2,1-3H3,(H,23,26)(H,24,27). The SMILES string of the molecule is Cc1cc(-c2ccccc2)ccc1NC(=O)C1=C(O)C(CC(C)C)NC1=O. The number of amides is 2. The Morgan fingerprint density at radius 1 is 1.15 bits per heavy atom. The molecule has 2 aromatic rings. The highest BCUT2D eigenvalue weighted by atomic mass is 16.3. The Kier molecular flexibility index (Phi) is 5.31. The van der Waals surface area contributed by atoms with Crippen LogP contribution in [0, 0.1) is 12.8 Å². The summed E-state index contributed by atoms with van der Waals surface area (Å²) >= 11 is 0. The molecule has 1 heterocycles. The van der Waals surface area contributed by atoms with Gasteiger partial charge in [0.25, 0.3) is 11.8 Å². The maximum Gasteiger partial charge on any atom is 0.264 e. The number of aryl methyl sites for hydroxylation is 1. The van der Waals surface area contributed by atoms with Crippen molar-refractivity contribution >= 4 is 17.5 Å². The van der Waals surface area contributed by atoms with Crippen molar-refractivity contribution in [2.45, 2.75) is 33.2 Å². The third kappa shape index (κ3) is 4.03. The van der Waals surface area contributed by atoms with Gasteiger partial charge in [-0.05, 0) is 48.1 Å². The van der Waals surface area contributed by atoms with Crippen LogP contribution in [0.3, 0.4) is 0 Å². The van der Waals surface area contributed by atoms with Crippen LogP contribution in [0.1, 0.15) is 25.8 Å². The normalized spacial score (nSPS) is 16.6. The zero-order chi connectivity index (χ0) is 19.6. The van der Waals surface area contributed by atoms with Crippen molar-refractivity contribution in [3.63, 3.8) is 0 Å². The fourth-order valence-electron chi connectivity index (χ4n) is 3.25. The van der Waals surface area contributed by atoms with Gasteiger partial charge in [-0.1, -0.05) is 50.2 Å². The Morgan fingerprint density at radius 3 is 2.48 bits per heavy atom. The molecule has 2 aromatic carbocycles. The second-order valence-corrected chi connectivity index (χ2v) is 7.27. The molecular weight excluding hydrogens is 340 g/mol. The lowest BCUT2D eigenvalue weighted by Crippen LogP contribution is -2.31. The van der Waals surface area contributed by atoms with E-state index in [2.05, 4.69) is 10.6 Å². The monoisotopic (exact) mass is 364 g/mol. The van der Waals surface area contributed by atoms with Gasteiger partial charge >= 0.3 is 0 Å². The second-order valence-electron chi connectivity index (χ2n) is 7.27. The minimum Gasteiger partial charge on any atom is -0.509 e. The van der Waals surface area contributed by atoms with Crippen molar-refractivity contribution in [1.29, 1.82) is 0 Å². The lowest BCUT2D eigenvalue weighted by molar-refractivity contribution is -0.120. The van der Waals surface area contributed by atoms with Gasteiger partial charge in [0.2, 0.25) is 0 Å².